The van der Waals surface area contributed by atoms with Gasteiger partial charge in [0.1, 0.15) is 5.75 Å². The van der Waals surface area contributed by atoms with Crippen LogP contribution in [0.25, 0.3) is 0 Å². The van der Waals surface area contributed by atoms with Crippen molar-refractivity contribution in [3.05, 3.63) is 28.8 Å². The van der Waals surface area contributed by atoms with Crippen LogP contribution in [0.2, 0.25) is 0 Å². The number of benzene rings is 1. The van der Waals surface area contributed by atoms with Crippen LogP contribution in [-0.4, -0.2) is 18.8 Å². The predicted octanol–water partition coefficient (Wildman–Crippen LogP) is 2.58. The first-order valence-corrected chi connectivity index (χ1v) is 5.19. The van der Waals surface area contributed by atoms with E-state index in [1.54, 1.807) is 7.11 Å². The molecule has 0 heterocycles. The first-order chi connectivity index (χ1) is 6.92. The van der Waals surface area contributed by atoms with Crippen LogP contribution < -0.4 is 4.74 Å². The molecular weight excluding hydrogens is 188 g/mol. The summed E-state index contributed by atoms with van der Waals surface area (Å²) in [5.41, 5.74) is 3.26. The molecule has 1 rings (SSSR count). The Morgan fingerprint density at radius 1 is 1.20 bits per heavy atom. The molecule has 1 N–H and O–H groups in total. The van der Waals surface area contributed by atoms with Gasteiger partial charge in [0.2, 0.25) is 0 Å². The van der Waals surface area contributed by atoms with E-state index in [2.05, 4.69) is 13.0 Å². The van der Waals surface area contributed by atoms with Crippen molar-refractivity contribution in [2.75, 3.05) is 13.7 Å². The summed E-state index contributed by atoms with van der Waals surface area (Å²) in [5.74, 6) is 0.907. The molecule has 0 saturated carbocycles. The molecular formula is C13H20O2. The predicted molar refractivity (Wildman–Crippen MR) is 62.6 cm³/mol. The van der Waals surface area contributed by atoms with E-state index in [1.165, 1.54) is 5.56 Å². The van der Waals surface area contributed by atoms with Gasteiger partial charge in [0.05, 0.1) is 13.7 Å². The maximum atomic E-state index is 9.36. The lowest BCUT2D eigenvalue weighted by Crippen LogP contribution is -2.23. The van der Waals surface area contributed by atoms with Crippen molar-refractivity contribution >= 4 is 0 Å². The molecule has 15 heavy (non-hydrogen) atoms. The molecule has 0 atom stereocenters. The van der Waals surface area contributed by atoms with E-state index in [0.717, 1.165) is 16.9 Å². The summed E-state index contributed by atoms with van der Waals surface area (Å²) < 4.78 is 5.26. The second-order valence-electron chi connectivity index (χ2n) is 4.68. The minimum atomic E-state index is -0.193. The molecule has 0 fully saturated rings. The Morgan fingerprint density at radius 3 is 2.27 bits per heavy atom. The third-order valence-corrected chi connectivity index (χ3v) is 2.87. The second kappa shape index (κ2) is 4.23. The van der Waals surface area contributed by atoms with E-state index >= 15 is 0 Å². The number of hydrogen-bond donors (Lipinski definition) is 1. The average Bonchev–Trinajstić information content (AvgIpc) is 2.20. The minimum Gasteiger partial charge on any atom is -0.496 e. The van der Waals surface area contributed by atoms with Crippen LogP contribution in [0.4, 0.5) is 0 Å². The summed E-state index contributed by atoms with van der Waals surface area (Å²) in [6.07, 6.45) is 0. The summed E-state index contributed by atoms with van der Waals surface area (Å²) >= 11 is 0. The number of ether oxygens (including phenoxy) is 1. The van der Waals surface area contributed by atoms with Crippen molar-refractivity contribution in [1.82, 2.24) is 0 Å². The molecule has 0 amide bonds. The third-order valence-electron chi connectivity index (χ3n) is 2.87. The summed E-state index contributed by atoms with van der Waals surface area (Å²) in [7, 11) is 1.68. The highest BCUT2D eigenvalue weighted by molar-refractivity contribution is 5.44. The van der Waals surface area contributed by atoms with Crippen LogP contribution in [0.15, 0.2) is 12.1 Å². The molecule has 0 spiro atoms. The van der Waals surface area contributed by atoms with Gasteiger partial charge < -0.3 is 9.84 Å². The zero-order valence-electron chi connectivity index (χ0n) is 10.2. The van der Waals surface area contributed by atoms with Crippen LogP contribution >= 0.6 is 0 Å². The van der Waals surface area contributed by atoms with Gasteiger partial charge in [0.15, 0.2) is 0 Å². The number of methoxy groups -OCH3 is 1. The maximum Gasteiger partial charge on any atom is 0.122 e. The van der Waals surface area contributed by atoms with E-state index < -0.39 is 0 Å². The topological polar surface area (TPSA) is 29.5 Å². The largest absolute Gasteiger partial charge is 0.496 e. The smallest absolute Gasteiger partial charge is 0.122 e. The molecule has 2 nitrogen and oxygen atoms in total. The van der Waals surface area contributed by atoms with Crippen molar-refractivity contribution < 1.29 is 9.84 Å². The van der Waals surface area contributed by atoms with Gasteiger partial charge in [-0.15, -0.1) is 0 Å². The lowest BCUT2D eigenvalue weighted by molar-refractivity contribution is 0.218. The standard InChI is InChI=1S/C13H20O2/c1-9-7-12(15-5)10(2)6-11(9)13(3,4)8-14/h6-7,14H,8H2,1-5H3. The van der Waals surface area contributed by atoms with Crippen molar-refractivity contribution in [3.8, 4) is 5.75 Å². The van der Waals surface area contributed by atoms with E-state index in [9.17, 15) is 5.11 Å². The van der Waals surface area contributed by atoms with Gasteiger partial charge in [-0.2, -0.15) is 0 Å². The lowest BCUT2D eigenvalue weighted by Gasteiger charge is -2.25. The molecule has 0 bridgehead atoms. The Labute approximate surface area is 91.9 Å². The van der Waals surface area contributed by atoms with Crippen molar-refractivity contribution in [3.63, 3.8) is 0 Å². The van der Waals surface area contributed by atoms with E-state index in [4.69, 9.17) is 4.74 Å². The highest BCUT2D eigenvalue weighted by Gasteiger charge is 2.22. The quantitative estimate of drug-likeness (QED) is 0.827. The van der Waals surface area contributed by atoms with Gasteiger partial charge in [0, 0.05) is 5.41 Å². The molecule has 84 valence electrons. The van der Waals surface area contributed by atoms with Gasteiger partial charge in [-0.1, -0.05) is 19.9 Å². The molecule has 0 aliphatic rings. The summed E-state index contributed by atoms with van der Waals surface area (Å²) in [5, 5.41) is 9.36. The zero-order valence-corrected chi connectivity index (χ0v) is 10.2. The van der Waals surface area contributed by atoms with Crippen molar-refractivity contribution in [1.29, 1.82) is 0 Å². The molecule has 0 saturated heterocycles. The molecule has 1 aromatic carbocycles. The van der Waals surface area contributed by atoms with Crippen LogP contribution in [0.1, 0.15) is 30.5 Å². The van der Waals surface area contributed by atoms with Crippen molar-refractivity contribution in [2.24, 2.45) is 0 Å². The fourth-order valence-electron chi connectivity index (χ4n) is 1.82. The summed E-state index contributed by atoms with van der Waals surface area (Å²) in [6.45, 7) is 8.31. The molecule has 0 aliphatic heterocycles. The van der Waals surface area contributed by atoms with E-state index in [1.807, 2.05) is 26.8 Å². The van der Waals surface area contributed by atoms with Crippen LogP contribution in [0.3, 0.4) is 0 Å². The Morgan fingerprint density at radius 2 is 1.80 bits per heavy atom. The van der Waals surface area contributed by atoms with Crippen LogP contribution in [0, 0.1) is 13.8 Å². The van der Waals surface area contributed by atoms with Crippen LogP contribution in [0.5, 0.6) is 5.75 Å². The Kier molecular flexibility index (Phi) is 3.40. The monoisotopic (exact) mass is 208 g/mol. The Hall–Kier alpha value is -1.02. The van der Waals surface area contributed by atoms with Crippen LogP contribution in [-0.2, 0) is 5.41 Å². The summed E-state index contributed by atoms with van der Waals surface area (Å²) in [4.78, 5) is 0. The Bertz CT molecular complexity index is 354. The second-order valence-corrected chi connectivity index (χ2v) is 4.68. The third kappa shape index (κ3) is 2.32. The van der Waals surface area contributed by atoms with E-state index in [0.29, 0.717) is 0 Å². The molecule has 0 aliphatic carbocycles. The molecule has 1 aromatic rings. The van der Waals surface area contributed by atoms with Crippen molar-refractivity contribution in [2.45, 2.75) is 33.1 Å². The zero-order chi connectivity index (χ0) is 11.6. The van der Waals surface area contributed by atoms with Gasteiger partial charge in [-0.3, -0.25) is 0 Å². The minimum absolute atomic E-state index is 0.152. The maximum absolute atomic E-state index is 9.36. The normalized spacial score (nSPS) is 11.6. The first-order valence-electron chi connectivity index (χ1n) is 5.19. The molecule has 0 unspecified atom stereocenters. The van der Waals surface area contributed by atoms with Gasteiger partial charge in [-0.05, 0) is 36.6 Å². The average molecular weight is 208 g/mol. The first kappa shape index (κ1) is 12.1. The highest BCUT2D eigenvalue weighted by Crippen LogP contribution is 2.30. The number of aliphatic hydroxyl groups excluding tert-OH is 1. The van der Waals surface area contributed by atoms with Gasteiger partial charge in [0.25, 0.3) is 0 Å². The SMILES string of the molecule is COc1cc(C)c(C(C)(C)CO)cc1C. The number of aliphatic hydroxyl groups is 1. The number of aryl methyl sites for hydroxylation is 2. The Balaban J connectivity index is 3.28. The molecule has 0 radical (unpaired) electrons. The number of rotatable bonds is 3. The van der Waals surface area contributed by atoms with Gasteiger partial charge >= 0.3 is 0 Å². The van der Waals surface area contributed by atoms with E-state index in [-0.39, 0.29) is 12.0 Å². The number of hydrogen-bond acceptors (Lipinski definition) is 2. The molecule has 0 aromatic heterocycles. The van der Waals surface area contributed by atoms with Gasteiger partial charge in [-0.25, -0.2) is 0 Å². The fraction of sp³-hybridized carbons (Fsp3) is 0.538. The fourth-order valence-corrected chi connectivity index (χ4v) is 1.82. The summed E-state index contributed by atoms with van der Waals surface area (Å²) in [6, 6.07) is 4.13. The lowest BCUT2D eigenvalue weighted by atomic mass is 9.82. The highest BCUT2D eigenvalue weighted by atomic mass is 16.5. The molecule has 2 heteroatoms.